The lowest BCUT2D eigenvalue weighted by Crippen LogP contribution is -2.44. The molecule has 0 aliphatic heterocycles. The van der Waals surface area contributed by atoms with E-state index < -0.39 is 23.8 Å². The molecule has 0 spiro atoms. The second-order valence-electron chi connectivity index (χ2n) is 6.41. The number of furan rings is 1. The van der Waals surface area contributed by atoms with Crippen LogP contribution in [0.15, 0.2) is 77.4 Å². The highest BCUT2D eigenvalue weighted by Gasteiger charge is 2.19. The van der Waals surface area contributed by atoms with Gasteiger partial charge in [-0.3, -0.25) is 14.4 Å². The van der Waals surface area contributed by atoms with Crippen LogP contribution >= 0.6 is 11.6 Å². The second-order valence-corrected chi connectivity index (χ2v) is 6.84. The first-order valence-electron chi connectivity index (χ1n) is 9.21. The van der Waals surface area contributed by atoms with E-state index in [1.807, 2.05) is 42.5 Å². The number of carbonyl (C=O) groups is 3. The Morgan fingerprint density at radius 3 is 2.17 bits per heavy atom. The molecule has 0 aliphatic carbocycles. The molecule has 154 valence electrons. The SMILES string of the molecule is O=C(CNC(=O)C(=O)NCc1ccco1)N[C@H](c1ccccc1)c1ccc(Cl)cc1. The summed E-state index contributed by atoms with van der Waals surface area (Å²) in [5.41, 5.74) is 1.71. The van der Waals surface area contributed by atoms with Crippen molar-refractivity contribution in [2.24, 2.45) is 0 Å². The quantitative estimate of drug-likeness (QED) is 0.506. The van der Waals surface area contributed by atoms with Gasteiger partial charge in [-0.15, -0.1) is 0 Å². The van der Waals surface area contributed by atoms with Gasteiger partial charge in [-0.2, -0.15) is 0 Å². The molecule has 3 aromatic rings. The van der Waals surface area contributed by atoms with Gasteiger partial charge in [-0.25, -0.2) is 0 Å². The van der Waals surface area contributed by atoms with Gasteiger partial charge in [0.1, 0.15) is 5.76 Å². The van der Waals surface area contributed by atoms with Gasteiger partial charge in [-0.05, 0) is 35.4 Å². The van der Waals surface area contributed by atoms with E-state index in [1.54, 1.807) is 24.3 Å². The summed E-state index contributed by atoms with van der Waals surface area (Å²) in [6, 6.07) is 19.4. The van der Waals surface area contributed by atoms with E-state index >= 15 is 0 Å². The molecular formula is C22H20ClN3O4. The summed E-state index contributed by atoms with van der Waals surface area (Å²) < 4.78 is 5.08. The van der Waals surface area contributed by atoms with Crippen LogP contribution in [0.2, 0.25) is 5.02 Å². The Hall–Kier alpha value is -3.58. The molecule has 7 nitrogen and oxygen atoms in total. The lowest BCUT2D eigenvalue weighted by atomic mass is 9.98. The Morgan fingerprint density at radius 1 is 0.833 bits per heavy atom. The molecule has 0 bridgehead atoms. The average molecular weight is 426 g/mol. The minimum Gasteiger partial charge on any atom is -0.467 e. The van der Waals surface area contributed by atoms with Crippen LogP contribution in [-0.2, 0) is 20.9 Å². The first-order valence-corrected chi connectivity index (χ1v) is 9.59. The van der Waals surface area contributed by atoms with Crippen molar-refractivity contribution in [2.45, 2.75) is 12.6 Å². The third-order valence-electron chi connectivity index (χ3n) is 4.26. The van der Waals surface area contributed by atoms with E-state index in [4.69, 9.17) is 16.0 Å². The number of carbonyl (C=O) groups excluding carboxylic acids is 3. The average Bonchev–Trinajstić information content (AvgIpc) is 3.29. The van der Waals surface area contributed by atoms with Gasteiger partial charge in [0, 0.05) is 5.02 Å². The van der Waals surface area contributed by atoms with Crippen molar-refractivity contribution in [3.8, 4) is 0 Å². The van der Waals surface area contributed by atoms with Gasteiger partial charge in [0.15, 0.2) is 0 Å². The third kappa shape index (κ3) is 5.96. The standard InChI is InChI=1S/C22H20ClN3O4/c23-17-10-8-16(9-11-17)20(15-5-2-1-3-6-15)26-19(27)14-25-22(29)21(28)24-13-18-7-4-12-30-18/h1-12,20H,13-14H2,(H,24,28)(H,25,29)(H,26,27)/t20-/m1/s1. The maximum atomic E-state index is 12.4. The molecule has 1 aromatic heterocycles. The molecule has 2 aromatic carbocycles. The Bertz CT molecular complexity index is 989. The number of rotatable bonds is 7. The lowest BCUT2D eigenvalue weighted by Gasteiger charge is -2.20. The highest BCUT2D eigenvalue weighted by molar-refractivity contribution is 6.35. The molecule has 0 aliphatic rings. The van der Waals surface area contributed by atoms with Crippen LogP contribution in [0.3, 0.4) is 0 Å². The molecule has 3 N–H and O–H groups in total. The molecule has 0 radical (unpaired) electrons. The summed E-state index contributed by atoms with van der Waals surface area (Å²) >= 11 is 5.96. The topological polar surface area (TPSA) is 100 Å². The van der Waals surface area contributed by atoms with Crippen LogP contribution < -0.4 is 16.0 Å². The van der Waals surface area contributed by atoms with Gasteiger partial charge in [-0.1, -0.05) is 54.1 Å². The van der Waals surface area contributed by atoms with Gasteiger partial charge in [0.05, 0.1) is 25.4 Å². The summed E-state index contributed by atoms with van der Waals surface area (Å²) in [4.78, 5) is 36.2. The molecule has 0 saturated heterocycles. The zero-order valence-electron chi connectivity index (χ0n) is 15.9. The smallest absolute Gasteiger partial charge is 0.309 e. The van der Waals surface area contributed by atoms with E-state index in [9.17, 15) is 14.4 Å². The molecule has 0 unspecified atom stereocenters. The van der Waals surface area contributed by atoms with Crippen molar-refractivity contribution in [3.05, 3.63) is 94.9 Å². The minimum absolute atomic E-state index is 0.0814. The predicted molar refractivity (Wildman–Crippen MR) is 111 cm³/mol. The maximum Gasteiger partial charge on any atom is 0.309 e. The summed E-state index contributed by atoms with van der Waals surface area (Å²) in [6.07, 6.45) is 1.47. The van der Waals surface area contributed by atoms with Gasteiger partial charge < -0.3 is 20.4 Å². The molecule has 1 heterocycles. The Balaban J connectivity index is 1.57. The van der Waals surface area contributed by atoms with Gasteiger partial charge >= 0.3 is 11.8 Å². The van der Waals surface area contributed by atoms with E-state index in [-0.39, 0.29) is 13.1 Å². The highest BCUT2D eigenvalue weighted by Crippen LogP contribution is 2.23. The Morgan fingerprint density at radius 2 is 1.50 bits per heavy atom. The molecule has 3 amide bonds. The second kappa shape index (κ2) is 10.3. The van der Waals surface area contributed by atoms with Crippen molar-refractivity contribution < 1.29 is 18.8 Å². The summed E-state index contributed by atoms with van der Waals surface area (Å²) in [5, 5.41) is 8.19. The predicted octanol–water partition coefficient (Wildman–Crippen LogP) is 2.57. The van der Waals surface area contributed by atoms with Crippen LogP contribution in [0.25, 0.3) is 0 Å². The zero-order chi connectivity index (χ0) is 21.3. The number of amides is 3. The number of halogens is 1. The largest absolute Gasteiger partial charge is 0.467 e. The van der Waals surface area contributed by atoms with E-state index in [0.29, 0.717) is 10.8 Å². The molecule has 8 heteroatoms. The monoisotopic (exact) mass is 425 g/mol. The summed E-state index contributed by atoms with van der Waals surface area (Å²) in [5.74, 6) is -1.68. The maximum absolute atomic E-state index is 12.4. The molecular weight excluding hydrogens is 406 g/mol. The zero-order valence-corrected chi connectivity index (χ0v) is 16.7. The van der Waals surface area contributed by atoms with Crippen LogP contribution in [0.4, 0.5) is 0 Å². The van der Waals surface area contributed by atoms with Crippen LogP contribution in [-0.4, -0.2) is 24.3 Å². The van der Waals surface area contributed by atoms with Crippen LogP contribution in [0.5, 0.6) is 0 Å². The minimum atomic E-state index is -0.903. The molecule has 0 fully saturated rings. The summed E-state index contributed by atoms with van der Waals surface area (Å²) in [7, 11) is 0. The highest BCUT2D eigenvalue weighted by atomic mass is 35.5. The number of nitrogens with one attached hydrogen (secondary N) is 3. The van der Waals surface area contributed by atoms with E-state index in [2.05, 4.69) is 16.0 Å². The van der Waals surface area contributed by atoms with Crippen molar-refractivity contribution in [3.63, 3.8) is 0 Å². The fraction of sp³-hybridized carbons (Fsp3) is 0.136. The number of hydrogen-bond acceptors (Lipinski definition) is 4. The molecule has 0 saturated carbocycles. The van der Waals surface area contributed by atoms with Crippen LogP contribution in [0.1, 0.15) is 22.9 Å². The van der Waals surface area contributed by atoms with Gasteiger partial charge in [0.25, 0.3) is 0 Å². The number of benzene rings is 2. The first kappa shape index (κ1) is 21.1. The van der Waals surface area contributed by atoms with Crippen molar-refractivity contribution in [1.29, 1.82) is 0 Å². The normalized spacial score (nSPS) is 11.4. The first-order chi connectivity index (χ1) is 14.5. The lowest BCUT2D eigenvalue weighted by molar-refractivity contribution is -0.139. The fourth-order valence-corrected chi connectivity index (χ4v) is 2.90. The fourth-order valence-electron chi connectivity index (χ4n) is 2.77. The van der Waals surface area contributed by atoms with Crippen molar-refractivity contribution in [1.82, 2.24) is 16.0 Å². The molecule has 30 heavy (non-hydrogen) atoms. The van der Waals surface area contributed by atoms with Crippen molar-refractivity contribution >= 4 is 29.3 Å². The molecule has 1 atom stereocenters. The van der Waals surface area contributed by atoms with E-state index in [0.717, 1.165) is 11.1 Å². The molecule has 3 rings (SSSR count). The van der Waals surface area contributed by atoms with Crippen molar-refractivity contribution in [2.75, 3.05) is 6.54 Å². The van der Waals surface area contributed by atoms with Gasteiger partial charge in [0.2, 0.25) is 5.91 Å². The van der Waals surface area contributed by atoms with E-state index in [1.165, 1.54) is 6.26 Å². The number of hydrogen-bond donors (Lipinski definition) is 3. The van der Waals surface area contributed by atoms with Crippen LogP contribution in [0, 0.1) is 0 Å². The third-order valence-corrected chi connectivity index (χ3v) is 4.51. The Labute approximate surface area is 178 Å². The Kier molecular flexibility index (Phi) is 7.24. The summed E-state index contributed by atoms with van der Waals surface area (Å²) in [6.45, 7) is -0.262.